The molecule has 0 aliphatic rings. The van der Waals surface area contributed by atoms with E-state index < -0.39 is 18.5 Å². The lowest BCUT2D eigenvalue weighted by molar-refractivity contribution is -0.124. The fraction of sp³-hybridized carbons (Fsp3) is 0.154. The van der Waals surface area contributed by atoms with Gasteiger partial charge in [-0.2, -0.15) is 0 Å². The van der Waals surface area contributed by atoms with Gasteiger partial charge in [-0.3, -0.25) is 4.79 Å². The highest BCUT2D eigenvalue weighted by Crippen LogP contribution is 2.17. The molecule has 0 saturated heterocycles. The number of pyridine rings is 1. The standard InChI is InChI=1S/C13H10Cl2N2O4/c14-9-3-4-10(15)17-12(9)13(19)21-7-11(18)16-6-8-2-1-5-20-8/h1-5H,6-7H2,(H,16,18). The summed E-state index contributed by atoms with van der Waals surface area (Å²) in [5, 5.41) is 2.73. The first-order valence-electron chi connectivity index (χ1n) is 5.84. The van der Waals surface area contributed by atoms with Crippen LogP contribution in [-0.2, 0) is 16.1 Å². The van der Waals surface area contributed by atoms with E-state index in [1.54, 1.807) is 12.1 Å². The normalized spacial score (nSPS) is 10.2. The summed E-state index contributed by atoms with van der Waals surface area (Å²) < 4.78 is 9.85. The topological polar surface area (TPSA) is 81.4 Å². The Morgan fingerprint density at radius 3 is 2.81 bits per heavy atom. The molecule has 0 aliphatic heterocycles. The van der Waals surface area contributed by atoms with Crippen molar-refractivity contribution in [2.45, 2.75) is 6.54 Å². The van der Waals surface area contributed by atoms with Crippen LogP contribution in [0.2, 0.25) is 10.2 Å². The molecule has 21 heavy (non-hydrogen) atoms. The highest BCUT2D eigenvalue weighted by molar-refractivity contribution is 6.34. The van der Waals surface area contributed by atoms with Gasteiger partial charge in [0.05, 0.1) is 17.8 Å². The Labute approximate surface area is 130 Å². The summed E-state index contributed by atoms with van der Waals surface area (Å²) in [6, 6.07) is 6.28. The van der Waals surface area contributed by atoms with Crippen LogP contribution < -0.4 is 5.32 Å². The number of rotatable bonds is 5. The van der Waals surface area contributed by atoms with Crippen molar-refractivity contribution in [2.24, 2.45) is 0 Å². The van der Waals surface area contributed by atoms with E-state index in [0.29, 0.717) is 5.76 Å². The molecule has 0 unspecified atom stereocenters. The summed E-state index contributed by atoms with van der Waals surface area (Å²) in [4.78, 5) is 27.0. The van der Waals surface area contributed by atoms with Gasteiger partial charge in [-0.25, -0.2) is 9.78 Å². The Morgan fingerprint density at radius 2 is 2.10 bits per heavy atom. The molecular weight excluding hydrogens is 319 g/mol. The van der Waals surface area contributed by atoms with Crippen molar-refractivity contribution in [3.8, 4) is 0 Å². The van der Waals surface area contributed by atoms with Crippen molar-refractivity contribution in [1.29, 1.82) is 0 Å². The number of carbonyl (C=O) groups is 2. The maximum atomic E-state index is 11.7. The summed E-state index contributed by atoms with van der Waals surface area (Å²) >= 11 is 11.5. The van der Waals surface area contributed by atoms with Gasteiger partial charge in [0.2, 0.25) is 0 Å². The number of carbonyl (C=O) groups excluding carboxylic acids is 2. The summed E-state index contributed by atoms with van der Waals surface area (Å²) in [5.41, 5.74) is -0.136. The molecule has 0 aliphatic carbocycles. The molecule has 110 valence electrons. The zero-order chi connectivity index (χ0) is 15.2. The molecule has 0 fully saturated rings. The number of amides is 1. The average molecular weight is 329 g/mol. The molecule has 2 rings (SSSR count). The van der Waals surface area contributed by atoms with Crippen molar-refractivity contribution in [1.82, 2.24) is 10.3 Å². The maximum Gasteiger partial charge on any atom is 0.359 e. The molecule has 8 heteroatoms. The minimum absolute atomic E-state index is 0.0976. The fourth-order valence-electron chi connectivity index (χ4n) is 1.41. The molecule has 6 nitrogen and oxygen atoms in total. The Balaban J connectivity index is 1.83. The highest BCUT2D eigenvalue weighted by atomic mass is 35.5. The predicted octanol–water partition coefficient (Wildman–Crippen LogP) is 2.45. The molecule has 0 bridgehead atoms. The number of nitrogens with one attached hydrogen (secondary N) is 1. The second kappa shape index (κ2) is 7.10. The Hall–Kier alpha value is -2.05. The van der Waals surface area contributed by atoms with Crippen LogP contribution in [0.3, 0.4) is 0 Å². The van der Waals surface area contributed by atoms with E-state index >= 15 is 0 Å². The number of ether oxygens (including phenoxy) is 1. The van der Waals surface area contributed by atoms with E-state index in [0.717, 1.165) is 0 Å². The first kappa shape index (κ1) is 15.3. The maximum absolute atomic E-state index is 11.7. The third kappa shape index (κ3) is 4.47. The molecule has 0 radical (unpaired) electrons. The lowest BCUT2D eigenvalue weighted by Crippen LogP contribution is -2.28. The van der Waals surface area contributed by atoms with Gasteiger partial charge in [-0.05, 0) is 24.3 Å². The molecule has 2 aromatic heterocycles. The molecule has 1 N–H and O–H groups in total. The van der Waals surface area contributed by atoms with E-state index in [9.17, 15) is 9.59 Å². The van der Waals surface area contributed by atoms with Crippen LogP contribution in [0.4, 0.5) is 0 Å². The Bertz CT molecular complexity index is 644. The SMILES string of the molecule is O=C(COC(=O)c1nc(Cl)ccc1Cl)NCc1ccco1. The number of aromatic nitrogens is 1. The fourth-order valence-corrected chi connectivity index (χ4v) is 1.74. The monoisotopic (exact) mass is 328 g/mol. The van der Waals surface area contributed by atoms with E-state index in [-0.39, 0.29) is 22.4 Å². The van der Waals surface area contributed by atoms with Gasteiger partial charge in [0.1, 0.15) is 10.9 Å². The molecular formula is C13H10Cl2N2O4. The molecule has 1 amide bonds. The number of nitrogens with zero attached hydrogens (tertiary/aromatic N) is 1. The minimum atomic E-state index is -0.823. The average Bonchev–Trinajstić information content (AvgIpc) is 2.98. The minimum Gasteiger partial charge on any atom is -0.467 e. The smallest absolute Gasteiger partial charge is 0.359 e. The quantitative estimate of drug-likeness (QED) is 0.673. The van der Waals surface area contributed by atoms with E-state index in [4.69, 9.17) is 32.4 Å². The lowest BCUT2D eigenvalue weighted by atomic mass is 10.3. The summed E-state index contributed by atoms with van der Waals surface area (Å²) in [7, 11) is 0. The van der Waals surface area contributed by atoms with Crippen LogP contribution >= 0.6 is 23.2 Å². The van der Waals surface area contributed by atoms with Crippen molar-refractivity contribution in [2.75, 3.05) is 6.61 Å². The Morgan fingerprint density at radius 1 is 1.29 bits per heavy atom. The van der Waals surface area contributed by atoms with Crippen LogP contribution in [0.25, 0.3) is 0 Å². The van der Waals surface area contributed by atoms with Crippen LogP contribution in [0.15, 0.2) is 34.9 Å². The first-order valence-corrected chi connectivity index (χ1v) is 6.60. The second-order valence-electron chi connectivity index (χ2n) is 3.90. The molecule has 0 atom stereocenters. The number of hydrogen-bond acceptors (Lipinski definition) is 5. The van der Waals surface area contributed by atoms with Crippen LogP contribution in [0.5, 0.6) is 0 Å². The van der Waals surface area contributed by atoms with Crippen molar-refractivity contribution >= 4 is 35.1 Å². The largest absolute Gasteiger partial charge is 0.467 e. The van der Waals surface area contributed by atoms with E-state index in [1.165, 1.54) is 18.4 Å². The van der Waals surface area contributed by atoms with Gasteiger partial charge in [0.25, 0.3) is 5.91 Å². The summed E-state index contributed by atoms with van der Waals surface area (Å²) in [6.45, 7) is -0.246. The van der Waals surface area contributed by atoms with Gasteiger partial charge in [-0.15, -0.1) is 0 Å². The first-order chi connectivity index (χ1) is 10.1. The summed E-state index contributed by atoms with van der Waals surface area (Å²) in [5.74, 6) is -0.706. The number of esters is 1. The summed E-state index contributed by atoms with van der Waals surface area (Å²) in [6.07, 6.45) is 1.49. The number of halogens is 2. The number of furan rings is 1. The zero-order valence-corrected chi connectivity index (χ0v) is 12.1. The van der Waals surface area contributed by atoms with Crippen molar-refractivity contribution in [3.05, 3.63) is 52.2 Å². The second-order valence-corrected chi connectivity index (χ2v) is 4.69. The van der Waals surface area contributed by atoms with Gasteiger partial charge >= 0.3 is 5.97 Å². The number of hydrogen-bond donors (Lipinski definition) is 1. The third-order valence-corrected chi connectivity index (χ3v) is 2.90. The third-order valence-electron chi connectivity index (χ3n) is 2.38. The zero-order valence-electron chi connectivity index (χ0n) is 10.6. The van der Waals surface area contributed by atoms with Gasteiger partial charge in [0, 0.05) is 0 Å². The van der Waals surface area contributed by atoms with E-state index in [2.05, 4.69) is 10.3 Å². The molecule has 0 spiro atoms. The van der Waals surface area contributed by atoms with Gasteiger partial charge in [0.15, 0.2) is 12.3 Å². The highest BCUT2D eigenvalue weighted by Gasteiger charge is 2.16. The van der Waals surface area contributed by atoms with Crippen molar-refractivity contribution in [3.63, 3.8) is 0 Å². The predicted molar refractivity (Wildman–Crippen MR) is 75.1 cm³/mol. The molecule has 0 saturated carbocycles. The van der Waals surface area contributed by atoms with Crippen LogP contribution in [-0.4, -0.2) is 23.5 Å². The van der Waals surface area contributed by atoms with Crippen LogP contribution in [0, 0.1) is 0 Å². The van der Waals surface area contributed by atoms with Gasteiger partial charge in [-0.1, -0.05) is 23.2 Å². The molecule has 2 heterocycles. The lowest BCUT2D eigenvalue weighted by Gasteiger charge is -2.06. The Kier molecular flexibility index (Phi) is 5.19. The molecule has 0 aromatic carbocycles. The van der Waals surface area contributed by atoms with Crippen molar-refractivity contribution < 1.29 is 18.7 Å². The van der Waals surface area contributed by atoms with Crippen LogP contribution in [0.1, 0.15) is 16.2 Å². The molecule has 2 aromatic rings. The van der Waals surface area contributed by atoms with E-state index in [1.807, 2.05) is 0 Å². The van der Waals surface area contributed by atoms with Gasteiger partial charge < -0.3 is 14.5 Å².